The lowest BCUT2D eigenvalue weighted by atomic mass is 10.7. The van der Waals surface area contributed by atoms with Crippen LogP contribution in [-0.4, -0.2) is 22.4 Å². The first-order valence-corrected chi connectivity index (χ1v) is 15.5. The molecular weight excluding hydrogens is 552 g/mol. The van der Waals surface area contributed by atoms with Crippen LogP contribution in [0, 0.1) is 10.8 Å². The molecule has 0 aliphatic heterocycles. The lowest BCUT2D eigenvalue weighted by molar-refractivity contribution is 0.116. The van der Waals surface area contributed by atoms with Gasteiger partial charge < -0.3 is 10.2 Å². The molecule has 2 atom stereocenters. The van der Waals surface area contributed by atoms with Crippen LogP contribution in [0.4, 0.5) is 0 Å². The molecule has 2 heteroatoms. The predicted molar refractivity (Wildman–Crippen MR) is 184 cm³/mol. The number of allylic oxidation sites excluding steroid dienone is 20. The summed E-state index contributed by atoms with van der Waals surface area (Å²) in [6, 6.07) is 0. The van der Waals surface area contributed by atoms with Gasteiger partial charge in [0.25, 0.3) is 0 Å². The second-order valence-electron chi connectivity index (χ2n) is 13.7. The highest BCUT2D eigenvalue weighted by molar-refractivity contribution is 5.39. The molecule has 0 amide bonds. The van der Waals surface area contributed by atoms with Crippen molar-refractivity contribution in [2.45, 2.75) is 107 Å². The first-order chi connectivity index (χ1) is 19.6. The minimum atomic E-state index is -0.227. The molecule has 0 radical (unpaired) electrons. The van der Waals surface area contributed by atoms with Gasteiger partial charge in [-0.1, -0.05) is 146 Å². The van der Waals surface area contributed by atoms with Crippen molar-refractivity contribution in [1.82, 2.24) is 0 Å². The quantitative estimate of drug-likeness (QED) is 0.191. The molecule has 0 spiro atoms. The Balaban J connectivity index is 1.90. The lowest BCUT2D eigenvalue weighted by Gasteiger charge is -2.35. The molecule has 0 aromatic heterocycles. The molecule has 0 bridgehead atoms. The Labute approximate surface area is 257 Å². The van der Waals surface area contributed by atoms with Crippen LogP contribution in [-0.2, 0) is 0 Å². The van der Waals surface area contributed by atoms with Gasteiger partial charge in [-0.05, 0) is 89.2 Å². The molecule has 2 rings (SSSR count). The summed E-state index contributed by atoms with van der Waals surface area (Å²) < 4.78 is 0. The molecule has 0 aromatic rings. The van der Waals surface area contributed by atoms with Gasteiger partial charge in [-0.2, -0.15) is 0 Å². The van der Waals surface area contributed by atoms with Gasteiger partial charge in [0, 0.05) is 0 Å². The predicted octanol–water partition coefficient (Wildman–Crippen LogP) is 10.5. The lowest BCUT2D eigenvalue weighted by Crippen LogP contribution is -2.28. The molecule has 2 N–H and O–H groups in total. The number of hydrogen-bond donors (Lipinski definition) is 2. The van der Waals surface area contributed by atoms with Gasteiger partial charge in [0.15, 0.2) is 0 Å². The standard InChI is InChI=1S/C40H56O2/c1-29(17-13-19-31(3)21-23-37-33(5)25-35(41)27-39(37,7)8)15-11-12-16-30(2)18-14-20-32(4)22-24-38-34(6)26-36(42)28-40(38,9)10/h11-24,35-36,41-42H,25-28H2,1-10H3/b12-11+,17-13+,18-14+,23-21+,24-22+,29-15+,30-16+,31-19+,32-20+/t35-,36-/m1/s1/i1+1,2+1,3+1,4+1,5+1,6+1,7+1,8+1,9+1,10+1,11+1,12+1,13+1,14+1,15+1,16+1,17+1,18+1,19+1,20+1,21+1,22+1,23+1,24+1,25+1,26+1,27+1,28+1,29+1,30+1,31+1,32+1,33+1,34+1,35+1,36+1,37+1,38+1,39+1,40+1. The monoisotopic (exact) mass is 609 g/mol. The molecule has 2 aliphatic carbocycles. The molecule has 2 aliphatic rings. The molecule has 228 valence electrons. The Morgan fingerprint density at radius 1 is 0.548 bits per heavy atom. The number of hydrogen-bond acceptors (Lipinski definition) is 2. The third kappa shape index (κ3) is 11.7. The van der Waals surface area contributed by atoms with E-state index in [4.69, 9.17) is 0 Å². The third-order valence-corrected chi connectivity index (χ3v) is 8.24. The first kappa shape index (κ1) is 35.3. The zero-order valence-electron chi connectivity index (χ0n) is 28.0. The molecule has 0 saturated carbocycles. The van der Waals surface area contributed by atoms with E-state index in [-0.39, 0.29) is 23.0 Å². The number of aliphatic hydroxyl groups excluding tert-OH is 2. The second kappa shape index (κ2) is 16.1. The van der Waals surface area contributed by atoms with Gasteiger partial charge in [0.1, 0.15) is 0 Å². The molecule has 0 heterocycles. The molecule has 2 nitrogen and oxygen atoms in total. The van der Waals surface area contributed by atoms with E-state index in [1.165, 1.54) is 44.6 Å². The fourth-order valence-electron chi connectivity index (χ4n) is 6.13. The summed E-state index contributed by atoms with van der Waals surface area (Å²) in [6.07, 6.45) is 32.6. The van der Waals surface area contributed by atoms with Crippen LogP contribution < -0.4 is 0 Å². The topological polar surface area (TPSA) is 40.5 Å². The van der Waals surface area contributed by atoms with Crippen molar-refractivity contribution in [3.05, 3.63) is 130 Å². The van der Waals surface area contributed by atoms with Gasteiger partial charge in [0.2, 0.25) is 0 Å². The average Bonchev–Trinajstić information content (AvgIpc) is 2.84. The average molecular weight is 609 g/mol. The molecule has 0 aromatic carbocycles. The van der Waals surface area contributed by atoms with Crippen LogP contribution in [0.15, 0.2) is 130 Å². The first-order valence-electron chi connectivity index (χ1n) is 15.5. The van der Waals surface area contributed by atoms with E-state index < -0.39 is 0 Å². The Morgan fingerprint density at radius 2 is 0.857 bits per heavy atom. The summed E-state index contributed by atoms with van der Waals surface area (Å²) in [7, 11) is 0. The summed E-state index contributed by atoms with van der Waals surface area (Å²) in [4.78, 5) is 0. The van der Waals surface area contributed by atoms with Crippen LogP contribution in [0.25, 0.3) is 0 Å². The van der Waals surface area contributed by atoms with E-state index >= 15 is 0 Å². The van der Waals surface area contributed by atoms with Gasteiger partial charge in [-0.15, -0.1) is 0 Å². The summed E-state index contributed by atoms with van der Waals surface area (Å²) in [6.45, 7) is 21.6. The van der Waals surface area contributed by atoms with Crippen molar-refractivity contribution in [2.24, 2.45) is 10.8 Å². The van der Waals surface area contributed by atoms with E-state index in [1.54, 1.807) is 0 Å². The summed E-state index contributed by atoms with van der Waals surface area (Å²) in [5.74, 6) is 0. The van der Waals surface area contributed by atoms with Crippen molar-refractivity contribution >= 4 is 0 Å². The summed E-state index contributed by atoms with van der Waals surface area (Å²) >= 11 is 0. The van der Waals surface area contributed by atoms with Crippen molar-refractivity contribution in [2.75, 3.05) is 0 Å². The van der Waals surface area contributed by atoms with Crippen LogP contribution in [0.5, 0.6) is 0 Å². The Kier molecular flexibility index (Phi) is 13.5. The molecule has 0 saturated heterocycles. The molecular formula is C40H56O2. The van der Waals surface area contributed by atoms with E-state index in [2.05, 4.69) is 154 Å². The maximum Gasteiger partial charge on any atom is 0.0585 e. The van der Waals surface area contributed by atoms with Crippen molar-refractivity contribution in [3.8, 4) is 0 Å². The Morgan fingerprint density at radius 3 is 1.19 bits per heavy atom. The van der Waals surface area contributed by atoms with Crippen LogP contribution in [0.2, 0.25) is 0 Å². The fourth-order valence-corrected chi connectivity index (χ4v) is 6.13. The van der Waals surface area contributed by atoms with Gasteiger partial charge >= 0.3 is 0 Å². The zero-order chi connectivity index (χ0) is 31.5. The fraction of sp³-hybridized carbons (Fsp3) is 0.450. The van der Waals surface area contributed by atoms with Crippen LogP contribution >= 0.6 is 0 Å². The molecule has 42 heavy (non-hydrogen) atoms. The highest BCUT2D eigenvalue weighted by atomic mass is 16.4. The minimum Gasteiger partial charge on any atom is -0.393 e. The van der Waals surface area contributed by atoms with Gasteiger partial charge in [0.05, 0.1) is 12.2 Å². The van der Waals surface area contributed by atoms with E-state index in [9.17, 15) is 10.2 Å². The highest BCUT2D eigenvalue weighted by Crippen LogP contribution is 2.42. The molecule has 0 fully saturated rings. The maximum atomic E-state index is 10.1. The number of rotatable bonds is 10. The van der Waals surface area contributed by atoms with Crippen molar-refractivity contribution in [3.63, 3.8) is 0 Å². The smallest absolute Gasteiger partial charge is 0.0585 e. The van der Waals surface area contributed by atoms with Crippen LogP contribution in [0.3, 0.4) is 0 Å². The third-order valence-electron chi connectivity index (χ3n) is 8.24. The number of aliphatic hydroxyl groups is 2. The normalized spacial score (nSPS) is 25.0. The Bertz CT molecular complexity index is 1190. The highest BCUT2D eigenvalue weighted by Gasteiger charge is 2.32. The SMILES string of the molecule is [13CH3][13C]1=[13C](/[13CH]=[13CH]/[13C]([13CH3])=[13CH]/[13CH]=[13CH]/[13C]([13CH3])=[13CH]/[13CH]=[13CH]/[13CH]=[13C]([13CH3])/[13CH]=[13CH]/[13CH]=[13C]([13CH3])/[13CH]=[13CH]/[13C]2=[13C]([13CH3])[13CH2][13C@@H](O)[13CH2][13C]2([13CH3])[13CH3])[13C]([13CH3])([13CH3])[13CH2][13C@H](O)[13CH2]1. The van der Waals surface area contributed by atoms with Crippen molar-refractivity contribution < 1.29 is 10.2 Å². The second-order valence-corrected chi connectivity index (χ2v) is 13.7. The van der Waals surface area contributed by atoms with Crippen molar-refractivity contribution in [1.29, 1.82) is 0 Å². The Hall–Kier alpha value is -2.94. The van der Waals surface area contributed by atoms with E-state index in [1.807, 2.05) is 0 Å². The largest absolute Gasteiger partial charge is 0.393 e. The summed E-state index contributed by atoms with van der Waals surface area (Å²) in [5, 5.41) is 20.2. The molecule has 0 unspecified atom stereocenters. The minimum absolute atomic E-state index is 0.00547. The van der Waals surface area contributed by atoms with E-state index in [0.717, 1.165) is 25.7 Å². The van der Waals surface area contributed by atoms with E-state index in [0.29, 0.717) is 0 Å². The summed E-state index contributed by atoms with van der Waals surface area (Å²) in [5.41, 5.74) is 10.1. The zero-order valence-corrected chi connectivity index (χ0v) is 28.0. The van der Waals surface area contributed by atoms with Gasteiger partial charge in [-0.3, -0.25) is 0 Å². The maximum absolute atomic E-state index is 10.1. The van der Waals surface area contributed by atoms with Gasteiger partial charge in [-0.25, -0.2) is 0 Å². The van der Waals surface area contributed by atoms with Crippen LogP contribution in [0.1, 0.15) is 94.9 Å².